The number of aliphatic hydroxyl groups is 1. The first-order valence-corrected chi connectivity index (χ1v) is 11.3. The number of nitrogens with zero attached hydrogens (tertiary/aromatic N) is 2. The van der Waals surface area contributed by atoms with Gasteiger partial charge in [-0.1, -0.05) is 61.5 Å². The summed E-state index contributed by atoms with van der Waals surface area (Å²) in [7, 11) is 0. The van der Waals surface area contributed by atoms with Gasteiger partial charge in [0.2, 0.25) is 6.29 Å². The average molecular weight is 437 g/mol. The van der Waals surface area contributed by atoms with Crippen LogP contribution in [0.4, 0.5) is 0 Å². The van der Waals surface area contributed by atoms with Crippen LogP contribution in [0.25, 0.3) is 0 Å². The molecule has 2 atom stereocenters. The first-order chi connectivity index (χ1) is 15.6. The van der Waals surface area contributed by atoms with Crippen LogP contribution in [0.3, 0.4) is 0 Å². The van der Waals surface area contributed by atoms with Gasteiger partial charge in [0.15, 0.2) is 5.76 Å². The summed E-state index contributed by atoms with van der Waals surface area (Å²) in [5.74, 6) is 0.571. The zero-order valence-corrected chi connectivity index (χ0v) is 18.7. The van der Waals surface area contributed by atoms with Gasteiger partial charge in [-0.05, 0) is 28.7 Å². The van der Waals surface area contributed by atoms with E-state index in [-0.39, 0.29) is 18.4 Å². The fourth-order valence-corrected chi connectivity index (χ4v) is 4.12. The van der Waals surface area contributed by atoms with Gasteiger partial charge in [0, 0.05) is 39.1 Å². The summed E-state index contributed by atoms with van der Waals surface area (Å²) >= 11 is 0. The number of aliphatic hydroxyl groups excluding tert-OH is 1. The minimum Gasteiger partial charge on any atom is -0.459 e. The molecular weight excluding hydrogens is 404 g/mol. The Morgan fingerprint density at radius 3 is 2.38 bits per heavy atom. The Morgan fingerprint density at radius 1 is 1.00 bits per heavy atom. The van der Waals surface area contributed by atoms with Crippen LogP contribution in [0.5, 0.6) is 0 Å². The third-order valence-electron chi connectivity index (χ3n) is 6.02. The highest BCUT2D eigenvalue weighted by atomic mass is 16.7. The van der Waals surface area contributed by atoms with E-state index >= 15 is 0 Å². The molecule has 0 unspecified atom stereocenters. The lowest BCUT2D eigenvalue weighted by molar-refractivity contribution is -0.159. The molecule has 0 aliphatic carbocycles. The Labute approximate surface area is 190 Å². The molecule has 0 saturated carbocycles. The number of allylic oxidation sites excluding steroid dienone is 1. The van der Waals surface area contributed by atoms with E-state index in [9.17, 15) is 4.79 Å². The van der Waals surface area contributed by atoms with Gasteiger partial charge in [-0.15, -0.1) is 0 Å². The number of carbonyl (C=O) groups excluding carboxylic acids is 1. The Balaban J connectivity index is 1.27. The van der Waals surface area contributed by atoms with Crippen molar-refractivity contribution in [3.63, 3.8) is 0 Å². The maximum Gasteiger partial charge on any atom is 0.288 e. The molecular formula is C26H32N2O4. The van der Waals surface area contributed by atoms with Crippen molar-refractivity contribution in [2.45, 2.75) is 39.4 Å². The van der Waals surface area contributed by atoms with Gasteiger partial charge < -0.3 is 19.5 Å². The summed E-state index contributed by atoms with van der Waals surface area (Å²) < 4.78 is 11.9. The largest absolute Gasteiger partial charge is 0.459 e. The Kier molecular flexibility index (Phi) is 7.58. The van der Waals surface area contributed by atoms with E-state index in [1.165, 1.54) is 5.56 Å². The number of piperazine rings is 1. The average Bonchev–Trinajstić information content (AvgIpc) is 2.83. The molecule has 1 amide bonds. The summed E-state index contributed by atoms with van der Waals surface area (Å²) in [6.07, 6.45) is 2.20. The molecule has 1 N–H and O–H groups in total. The van der Waals surface area contributed by atoms with Crippen LogP contribution in [0.1, 0.15) is 30.0 Å². The molecule has 1 saturated heterocycles. The highest BCUT2D eigenvalue weighted by Crippen LogP contribution is 2.25. The van der Waals surface area contributed by atoms with Gasteiger partial charge in [-0.25, -0.2) is 0 Å². The molecule has 2 heterocycles. The topological polar surface area (TPSA) is 62.2 Å². The van der Waals surface area contributed by atoms with Gasteiger partial charge in [-0.2, -0.15) is 0 Å². The second-order valence-corrected chi connectivity index (χ2v) is 8.63. The van der Waals surface area contributed by atoms with E-state index in [1.54, 1.807) is 0 Å². The van der Waals surface area contributed by atoms with Crippen LogP contribution in [-0.2, 0) is 34.0 Å². The van der Waals surface area contributed by atoms with Gasteiger partial charge in [-0.3, -0.25) is 9.69 Å². The van der Waals surface area contributed by atoms with Crippen LogP contribution in [-0.4, -0.2) is 53.3 Å². The van der Waals surface area contributed by atoms with Crippen molar-refractivity contribution in [3.8, 4) is 0 Å². The van der Waals surface area contributed by atoms with Crippen molar-refractivity contribution in [2.24, 2.45) is 5.92 Å². The maximum atomic E-state index is 13.1. The highest BCUT2D eigenvalue weighted by Gasteiger charge is 2.30. The number of hydrogen-bond acceptors (Lipinski definition) is 5. The second-order valence-electron chi connectivity index (χ2n) is 8.63. The number of amides is 1. The summed E-state index contributed by atoms with van der Waals surface area (Å²) in [4.78, 5) is 17.4. The zero-order chi connectivity index (χ0) is 22.3. The van der Waals surface area contributed by atoms with Crippen molar-refractivity contribution < 1.29 is 19.4 Å². The lowest BCUT2D eigenvalue weighted by Gasteiger charge is -2.36. The molecule has 4 rings (SSSR count). The minimum atomic E-state index is -0.439. The second kappa shape index (κ2) is 10.8. The molecule has 6 nitrogen and oxygen atoms in total. The monoisotopic (exact) mass is 436 g/mol. The van der Waals surface area contributed by atoms with Gasteiger partial charge in [0.25, 0.3) is 5.91 Å². The number of benzene rings is 2. The van der Waals surface area contributed by atoms with Crippen LogP contribution in [0.2, 0.25) is 0 Å². The van der Waals surface area contributed by atoms with Crippen LogP contribution in [0, 0.1) is 5.92 Å². The van der Waals surface area contributed by atoms with Crippen molar-refractivity contribution >= 4 is 5.91 Å². The minimum absolute atomic E-state index is 0.0289. The SMILES string of the molecule is C[C@H]1C=C(C(=O)N2CCN(Cc3ccccc3)CC2)O[C@@H](OCc2ccc(CO)cc2)C1. The number of carbonyl (C=O) groups is 1. The van der Waals surface area contributed by atoms with E-state index in [1.807, 2.05) is 41.3 Å². The fraction of sp³-hybridized carbons (Fsp3) is 0.423. The Hall–Kier alpha value is -2.67. The number of ether oxygens (including phenoxy) is 2. The first kappa shape index (κ1) is 22.5. The van der Waals surface area contributed by atoms with E-state index in [0.717, 1.165) is 37.2 Å². The smallest absolute Gasteiger partial charge is 0.288 e. The van der Waals surface area contributed by atoms with Crippen molar-refractivity contribution in [2.75, 3.05) is 26.2 Å². The quantitative estimate of drug-likeness (QED) is 0.722. The van der Waals surface area contributed by atoms with Gasteiger partial charge >= 0.3 is 0 Å². The highest BCUT2D eigenvalue weighted by molar-refractivity contribution is 5.91. The van der Waals surface area contributed by atoms with E-state index in [0.29, 0.717) is 25.5 Å². The summed E-state index contributed by atoms with van der Waals surface area (Å²) in [5.41, 5.74) is 3.18. The van der Waals surface area contributed by atoms with E-state index < -0.39 is 6.29 Å². The van der Waals surface area contributed by atoms with Crippen molar-refractivity contribution in [1.82, 2.24) is 9.80 Å². The molecule has 2 aromatic rings. The number of rotatable bonds is 7. The molecule has 32 heavy (non-hydrogen) atoms. The predicted molar refractivity (Wildman–Crippen MR) is 122 cm³/mol. The third-order valence-corrected chi connectivity index (χ3v) is 6.02. The molecule has 0 aromatic heterocycles. The summed E-state index contributed by atoms with van der Waals surface area (Å²) in [5, 5.41) is 9.16. The molecule has 170 valence electrons. The van der Waals surface area contributed by atoms with Gasteiger partial charge in [0.1, 0.15) is 0 Å². The number of hydrogen-bond donors (Lipinski definition) is 1. The van der Waals surface area contributed by atoms with E-state index in [2.05, 4.69) is 36.1 Å². The Morgan fingerprint density at radius 2 is 1.69 bits per heavy atom. The standard InChI is InChI=1S/C26H32N2O4/c1-20-15-24(32-25(16-20)31-19-23-9-7-22(18-29)8-10-23)26(30)28-13-11-27(12-14-28)17-21-5-3-2-4-6-21/h2-10,15,20,25,29H,11-14,16-19H2,1H3/t20-,25+/m0/s1. The molecule has 0 bridgehead atoms. The lowest BCUT2D eigenvalue weighted by Crippen LogP contribution is -2.49. The zero-order valence-electron chi connectivity index (χ0n) is 18.7. The molecule has 2 aliphatic heterocycles. The summed E-state index contributed by atoms with van der Waals surface area (Å²) in [6.45, 7) is 6.53. The molecule has 0 radical (unpaired) electrons. The Bertz CT molecular complexity index is 905. The molecule has 6 heteroatoms. The molecule has 2 aliphatic rings. The lowest BCUT2D eigenvalue weighted by atomic mass is 10.0. The van der Waals surface area contributed by atoms with Crippen molar-refractivity contribution in [1.29, 1.82) is 0 Å². The predicted octanol–water partition coefficient (Wildman–Crippen LogP) is 3.31. The van der Waals surface area contributed by atoms with Crippen LogP contribution < -0.4 is 0 Å². The summed E-state index contributed by atoms with van der Waals surface area (Å²) in [6, 6.07) is 18.1. The molecule has 2 aromatic carbocycles. The molecule has 0 spiro atoms. The fourth-order valence-electron chi connectivity index (χ4n) is 4.12. The van der Waals surface area contributed by atoms with Crippen LogP contribution in [0.15, 0.2) is 66.4 Å². The third kappa shape index (κ3) is 5.97. The normalized spacial score (nSPS) is 21.7. The van der Waals surface area contributed by atoms with Gasteiger partial charge in [0.05, 0.1) is 13.2 Å². The maximum absolute atomic E-state index is 13.1. The van der Waals surface area contributed by atoms with Crippen molar-refractivity contribution in [3.05, 3.63) is 83.1 Å². The van der Waals surface area contributed by atoms with E-state index in [4.69, 9.17) is 14.6 Å². The molecule has 1 fully saturated rings. The van der Waals surface area contributed by atoms with Crippen LogP contribution >= 0.6 is 0 Å². The first-order valence-electron chi connectivity index (χ1n) is 11.3.